The van der Waals surface area contributed by atoms with Gasteiger partial charge in [0.1, 0.15) is 17.4 Å². The van der Waals surface area contributed by atoms with Crippen LogP contribution in [0.2, 0.25) is 0 Å². The third kappa shape index (κ3) is 5.38. The van der Waals surface area contributed by atoms with E-state index in [2.05, 4.69) is 15.3 Å². The number of ether oxygens (including phenoxy) is 1. The van der Waals surface area contributed by atoms with Gasteiger partial charge < -0.3 is 15.3 Å². The summed E-state index contributed by atoms with van der Waals surface area (Å²) in [5.41, 5.74) is 1.15. The Morgan fingerprint density at radius 2 is 1.97 bits per heavy atom. The van der Waals surface area contributed by atoms with Crippen LogP contribution in [0.1, 0.15) is 44.1 Å². The lowest BCUT2D eigenvalue weighted by Gasteiger charge is -2.32. The van der Waals surface area contributed by atoms with Crippen LogP contribution in [0.3, 0.4) is 0 Å². The highest BCUT2D eigenvalue weighted by atomic mass is 19.1. The lowest BCUT2D eigenvalue weighted by molar-refractivity contribution is -0.605. The number of hydrogen-bond donors (Lipinski definition) is 1. The summed E-state index contributed by atoms with van der Waals surface area (Å²) in [6.45, 7) is 1.96. The van der Waals surface area contributed by atoms with E-state index in [1.807, 2.05) is 19.1 Å². The molecule has 4 rings (SSSR count). The fourth-order valence-electron chi connectivity index (χ4n) is 4.19. The minimum absolute atomic E-state index is 0.0671. The second-order valence-corrected chi connectivity index (χ2v) is 8.19. The Hall–Kier alpha value is -3.55. The van der Waals surface area contributed by atoms with Crippen LogP contribution in [0.4, 0.5) is 10.2 Å². The van der Waals surface area contributed by atoms with Crippen molar-refractivity contribution in [1.29, 1.82) is 0 Å². The van der Waals surface area contributed by atoms with Gasteiger partial charge in [-0.3, -0.25) is 4.79 Å². The maximum Gasteiger partial charge on any atom is 0.228 e. The molecule has 0 bridgehead atoms. The molecule has 7 nitrogen and oxygen atoms in total. The number of nitrogens with one attached hydrogen (secondary N) is 1. The SMILES string of the molecule is C[C@@H](C(=O)Nc1ccc(Oc2ccc(F)cn2)cn1)[C@@H]1CCC[C@@H](c2cc[n+]([O-])cc2)C1. The van der Waals surface area contributed by atoms with Crippen molar-refractivity contribution in [3.63, 3.8) is 0 Å². The van der Waals surface area contributed by atoms with Crippen molar-refractivity contribution in [2.75, 3.05) is 5.32 Å². The summed E-state index contributed by atoms with van der Waals surface area (Å²) in [4.78, 5) is 20.9. The Balaban J connectivity index is 1.33. The van der Waals surface area contributed by atoms with Gasteiger partial charge in [0, 0.05) is 24.1 Å². The van der Waals surface area contributed by atoms with E-state index in [0.717, 1.165) is 42.2 Å². The quantitative estimate of drug-likeness (QED) is 0.451. The number of rotatable bonds is 6. The molecule has 1 amide bonds. The van der Waals surface area contributed by atoms with Crippen LogP contribution >= 0.6 is 0 Å². The van der Waals surface area contributed by atoms with Gasteiger partial charge in [-0.2, -0.15) is 4.73 Å². The molecule has 0 saturated heterocycles. The van der Waals surface area contributed by atoms with Gasteiger partial charge in [0.05, 0.1) is 12.4 Å². The van der Waals surface area contributed by atoms with Crippen molar-refractivity contribution in [2.24, 2.45) is 11.8 Å². The summed E-state index contributed by atoms with van der Waals surface area (Å²) in [6.07, 6.45) is 9.67. The monoisotopic (exact) mass is 436 g/mol. The zero-order chi connectivity index (χ0) is 22.5. The first-order valence-corrected chi connectivity index (χ1v) is 10.7. The molecule has 0 aliphatic heterocycles. The average molecular weight is 436 g/mol. The molecule has 1 aliphatic rings. The molecule has 0 aromatic carbocycles. The molecule has 0 spiro atoms. The van der Waals surface area contributed by atoms with E-state index < -0.39 is 5.82 Å². The summed E-state index contributed by atoms with van der Waals surface area (Å²) in [5.74, 6) is 1.10. The Kier molecular flexibility index (Phi) is 6.58. The average Bonchev–Trinajstić information content (AvgIpc) is 2.82. The number of anilines is 1. The molecule has 1 N–H and O–H groups in total. The Morgan fingerprint density at radius 3 is 2.66 bits per heavy atom. The maximum absolute atomic E-state index is 12.9. The first-order valence-electron chi connectivity index (χ1n) is 10.7. The smallest absolute Gasteiger partial charge is 0.228 e. The molecule has 166 valence electrons. The summed E-state index contributed by atoms with van der Waals surface area (Å²) in [6, 6.07) is 9.78. The molecule has 0 radical (unpaired) electrons. The van der Waals surface area contributed by atoms with Gasteiger partial charge in [-0.1, -0.05) is 13.3 Å². The molecule has 1 saturated carbocycles. The van der Waals surface area contributed by atoms with Crippen molar-refractivity contribution in [3.8, 4) is 11.6 Å². The second-order valence-electron chi connectivity index (χ2n) is 8.19. The van der Waals surface area contributed by atoms with Crippen LogP contribution < -0.4 is 14.8 Å². The van der Waals surface area contributed by atoms with Crippen molar-refractivity contribution < 1.29 is 18.7 Å². The number of hydrogen-bond acceptors (Lipinski definition) is 5. The summed E-state index contributed by atoms with van der Waals surface area (Å²) in [7, 11) is 0. The third-order valence-corrected chi connectivity index (χ3v) is 6.04. The highest BCUT2D eigenvalue weighted by Gasteiger charge is 2.31. The molecular formula is C24H25FN4O3. The topological polar surface area (TPSA) is 91.0 Å². The molecule has 1 fully saturated rings. The standard InChI is InChI=1S/C24H25FN4O3/c1-16(18-3-2-4-19(13-18)17-9-11-29(31)12-10-17)24(30)28-22-7-6-21(15-26-22)32-23-8-5-20(25)14-27-23/h5-12,14-16,18-19H,2-4,13H2,1H3,(H,26,28,30)/t16-,18-,19-/m1/s1. The first kappa shape index (κ1) is 21.7. The lowest BCUT2D eigenvalue weighted by Crippen LogP contribution is -2.30. The van der Waals surface area contributed by atoms with Crippen molar-refractivity contribution in [2.45, 2.75) is 38.5 Å². The highest BCUT2D eigenvalue weighted by molar-refractivity contribution is 5.91. The zero-order valence-electron chi connectivity index (χ0n) is 17.8. The molecule has 3 aromatic rings. The number of pyridine rings is 3. The molecule has 8 heteroatoms. The predicted molar refractivity (Wildman–Crippen MR) is 116 cm³/mol. The minimum Gasteiger partial charge on any atom is -0.619 e. The first-order chi connectivity index (χ1) is 15.5. The fourth-order valence-corrected chi connectivity index (χ4v) is 4.19. The van der Waals surface area contributed by atoms with Gasteiger partial charge >= 0.3 is 0 Å². The van der Waals surface area contributed by atoms with Crippen molar-refractivity contribution >= 4 is 11.7 Å². The van der Waals surface area contributed by atoms with Gasteiger partial charge in [0.2, 0.25) is 11.8 Å². The summed E-state index contributed by atoms with van der Waals surface area (Å²) in [5, 5.41) is 14.2. The normalized spacial score (nSPS) is 19.2. The number of carbonyl (C=O) groups excluding carboxylic acids is 1. The van der Waals surface area contributed by atoms with E-state index in [1.54, 1.807) is 12.1 Å². The summed E-state index contributed by atoms with van der Waals surface area (Å²) >= 11 is 0. The maximum atomic E-state index is 12.9. The number of carbonyl (C=O) groups is 1. The fraction of sp³-hybridized carbons (Fsp3) is 0.333. The minimum atomic E-state index is -0.439. The van der Waals surface area contributed by atoms with Crippen LogP contribution in [-0.2, 0) is 4.79 Å². The third-order valence-electron chi connectivity index (χ3n) is 6.04. The number of aromatic nitrogens is 3. The molecule has 3 aromatic heterocycles. The Morgan fingerprint density at radius 1 is 1.16 bits per heavy atom. The molecule has 32 heavy (non-hydrogen) atoms. The zero-order valence-corrected chi connectivity index (χ0v) is 17.8. The second kappa shape index (κ2) is 9.72. The van der Waals surface area contributed by atoms with E-state index in [0.29, 0.717) is 17.5 Å². The molecule has 3 heterocycles. The molecular weight excluding hydrogens is 411 g/mol. The van der Waals surface area contributed by atoms with Gasteiger partial charge in [-0.25, -0.2) is 14.4 Å². The van der Waals surface area contributed by atoms with E-state index in [1.165, 1.54) is 30.7 Å². The van der Waals surface area contributed by atoms with Gasteiger partial charge in [0.25, 0.3) is 0 Å². The van der Waals surface area contributed by atoms with Crippen LogP contribution in [0.5, 0.6) is 11.6 Å². The molecule has 1 aliphatic carbocycles. The van der Waals surface area contributed by atoms with E-state index in [-0.39, 0.29) is 23.6 Å². The lowest BCUT2D eigenvalue weighted by atomic mass is 9.73. The van der Waals surface area contributed by atoms with Crippen molar-refractivity contribution in [3.05, 3.63) is 77.8 Å². The highest BCUT2D eigenvalue weighted by Crippen LogP contribution is 2.39. The number of nitrogens with zero attached hydrogens (tertiary/aromatic N) is 3. The largest absolute Gasteiger partial charge is 0.619 e. The van der Waals surface area contributed by atoms with Gasteiger partial charge in [-0.15, -0.1) is 0 Å². The van der Waals surface area contributed by atoms with Gasteiger partial charge in [0.15, 0.2) is 12.4 Å². The number of amides is 1. The molecule has 0 unspecified atom stereocenters. The van der Waals surface area contributed by atoms with Crippen molar-refractivity contribution in [1.82, 2.24) is 9.97 Å². The van der Waals surface area contributed by atoms with E-state index in [9.17, 15) is 14.4 Å². The van der Waals surface area contributed by atoms with Crippen LogP contribution in [0, 0.1) is 22.9 Å². The van der Waals surface area contributed by atoms with Crippen LogP contribution in [0.15, 0.2) is 61.2 Å². The van der Waals surface area contributed by atoms with Crippen LogP contribution in [-0.4, -0.2) is 15.9 Å². The predicted octanol–water partition coefficient (Wildman–Crippen LogP) is 4.59. The van der Waals surface area contributed by atoms with E-state index in [4.69, 9.17) is 4.74 Å². The summed E-state index contributed by atoms with van der Waals surface area (Å²) < 4.78 is 19.3. The van der Waals surface area contributed by atoms with E-state index >= 15 is 0 Å². The van der Waals surface area contributed by atoms with Crippen LogP contribution in [0.25, 0.3) is 0 Å². The number of halogens is 1. The Labute approximate surface area is 185 Å². The van der Waals surface area contributed by atoms with Gasteiger partial charge in [-0.05, 0) is 54.9 Å². The Bertz CT molecular complexity index is 1040. The molecule has 3 atom stereocenters.